The molecule has 8 heteroatoms. The van der Waals surface area contributed by atoms with Gasteiger partial charge in [0.15, 0.2) is 0 Å². The number of amides is 1. The number of hydrogen-bond donors (Lipinski definition) is 1. The van der Waals surface area contributed by atoms with Crippen LogP contribution in [-0.2, 0) is 24.6 Å². The van der Waals surface area contributed by atoms with E-state index in [0.717, 1.165) is 17.8 Å². The van der Waals surface area contributed by atoms with Crippen LogP contribution >= 0.6 is 0 Å². The SMILES string of the molecule is CO[Si](CCCNC(=O)Cn1nc(C)cc1C)(OC)OC. The van der Waals surface area contributed by atoms with Crippen LogP contribution in [0.3, 0.4) is 0 Å². The van der Waals surface area contributed by atoms with Crippen molar-refractivity contribution in [1.29, 1.82) is 0 Å². The second-order valence-corrected chi connectivity index (χ2v) is 7.92. The number of nitrogens with one attached hydrogen (secondary N) is 1. The molecule has 1 rings (SSSR count). The van der Waals surface area contributed by atoms with Gasteiger partial charge in [-0.15, -0.1) is 0 Å². The fourth-order valence-corrected chi connectivity index (χ4v) is 3.84. The minimum absolute atomic E-state index is 0.0549. The highest BCUT2D eigenvalue weighted by Crippen LogP contribution is 2.14. The highest BCUT2D eigenvalue weighted by Gasteiger charge is 2.36. The summed E-state index contributed by atoms with van der Waals surface area (Å²) >= 11 is 0. The topological polar surface area (TPSA) is 74.6 Å². The van der Waals surface area contributed by atoms with Crippen LogP contribution in [-0.4, -0.2) is 52.4 Å². The van der Waals surface area contributed by atoms with Crippen molar-refractivity contribution < 1.29 is 18.1 Å². The molecule has 1 aromatic rings. The summed E-state index contributed by atoms with van der Waals surface area (Å²) in [5, 5.41) is 7.13. The third-order valence-corrected chi connectivity index (χ3v) is 6.14. The molecule has 0 atom stereocenters. The van der Waals surface area contributed by atoms with Crippen molar-refractivity contribution in [2.75, 3.05) is 27.9 Å². The Balaban J connectivity index is 2.32. The molecule has 0 saturated heterocycles. The van der Waals surface area contributed by atoms with Crippen LogP contribution in [0.1, 0.15) is 17.8 Å². The first-order valence-electron chi connectivity index (χ1n) is 6.89. The van der Waals surface area contributed by atoms with Gasteiger partial charge in [-0.2, -0.15) is 5.10 Å². The maximum Gasteiger partial charge on any atom is 0.500 e. The molecule has 0 unspecified atom stereocenters. The normalized spacial score (nSPS) is 11.7. The van der Waals surface area contributed by atoms with Gasteiger partial charge >= 0.3 is 8.80 Å². The standard InChI is InChI=1S/C13H25N3O4Si/c1-11-9-12(2)16(15-11)10-13(17)14-7-6-8-21(18-3,19-4)20-5/h9H,6-8,10H2,1-5H3,(H,14,17). The van der Waals surface area contributed by atoms with E-state index in [-0.39, 0.29) is 12.5 Å². The first-order valence-corrected chi connectivity index (χ1v) is 8.82. The first-order chi connectivity index (χ1) is 9.96. The van der Waals surface area contributed by atoms with Crippen LogP contribution in [0.5, 0.6) is 0 Å². The minimum Gasteiger partial charge on any atom is -0.377 e. The number of nitrogens with zero attached hydrogens (tertiary/aromatic N) is 2. The fraction of sp³-hybridized carbons (Fsp3) is 0.692. The molecule has 21 heavy (non-hydrogen) atoms. The lowest BCUT2D eigenvalue weighted by molar-refractivity contribution is -0.121. The summed E-state index contributed by atoms with van der Waals surface area (Å²) in [7, 11) is 2.21. The van der Waals surface area contributed by atoms with Crippen molar-refractivity contribution in [3.63, 3.8) is 0 Å². The van der Waals surface area contributed by atoms with Crippen molar-refractivity contribution in [1.82, 2.24) is 15.1 Å². The Labute approximate surface area is 126 Å². The van der Waals surface area contributed by atoms with Gasteiger partial charge in [-0.1, -0.05) is 0 Å². The number of rotatable bonds is 9. The molecule has 0 aliphatic carbocycles. The van der Waals surface area contributed by atoms with Crippen molar-refractivity contribution in [3.8, 4) is 0 Å². The molecule has 120 valence electrons. The van der Waals surface area contributed by atoms with Gasteiger partial charge in [0.1, 0.15) is 6.54 Å². The zero-order chi connectivity index (χ0) is 15.9. The van der Waals surface area contributed by atoms with Crippen molar-refractivity contribution in [2.45, 2.75) is 32.9 Å². The van der Waals surface area contributed by atoms with Crippen LogP contribution in [0.4, 0.5) is 0 Å². The first kappa shape index (κ1) is 17.8. The van der Waals surface area contributed by atoms with Crippen molar-refractivity contribution in [3.05, 3.63) is 17.5 Å². The summed E-state index contributed by atoms with van der Waals surface area (Å²) in [6.07, 6.45) is 0.741. The third kappa shape index (κ3) is 5.23. The van der Waals surface area contributed by atoms with E-state index in [2.05, 4.69) is 10.4 Å². The zero-order valence-electron chi connectivity index (χ0n) is 13.4. The molecular weight excluding hydrogens is 290 g/mol. The summed E-state index contributed by atoms with van der Waals surface area (Å²) in [6.45, 7) is 4.64. The van der Waals surface area contributed by atoms with E-state index < -0.39 is 8.80 Å². The molecule has 0 saturated carbocycles. The van der Waals surface area contributed by atoms with Gasteiger partial charge in [0.05, 0.1) is 5.69 Å². The van der Waals surface area contributed by atoms with Crippen LogP contribution in [0.2, 0.25) is 6.04 Å². The number of hydrogen-bond acceptors (Lipinski definition) is 5. The molecule has 0 aromatic carbocycles. The molecule has 0 spiro atoms. The Morgan fingerprint density at radius 3 is 2.38 bits per heavy atom. The van der Waals surface area contributed by atoms with Gasteiger partial charge in [-0.25, -0.2) is 0 Å². The second kappa shape index (κ2) is 8.28. The van der Waals surface area contributed by atoms with Crippen LogP contribution in [0.25, 0.3) is 0 Å². The molecule has 1 heterocycles. The summed E-state index contributed by atoms with van der Waals surface area (Å²) < 4.78 is 17.7. The van der Waals surface area contributed by atoms with E-state index in [1.165, 1.54) is 0 Å². The molecular formula is C13H25N3O4Si. The van der Waals surface area contributed by atoms with Gasteiger partial charge in [0.25, 0.3) is 0 Å². The lowest BCUT2D eigenvalue weighted by Gasteiger charge is -2.24. The number of carbonyl (C=O) groups is 1. The second-order valence-electron chi connectivity index (χ2n) is 4.83. The fourth-order valence-electron chi connectivity index (χ4n) is 2.12. The summed E-state index contributed by atoms with van der Waals surface area (Å²) in [5.41, 5.74) is 1.89. The Kier molecular flexibility index (Phi) is 7.03. The molecule has 0 fully saturated rings. The largest absolute Gasteiger partial charge is 0.500 e. The molecule has 0 aliphatic heterocycles. The van der Waals surface area contributed by atoms with Crippen LogP contribution < -0.4 is 5.32 Å². The van der Waals surface area contributed by atoms with E-state index in [0.29, 0.717) is 12.6 Å². The van der Waals surface area contributed by atoms with Crippen LogP contribution in [0, 0.1) is 13.8 Å². The van der Waals surface area contributed by atoms with E-state index in [1.54, 1.807) is 26.0 Å². The van der Waals surface area contributed by atoms with Crippen LogP contribution in [0.15, 0.2) is 6.07 Å². The molecule has 7 nitrogen and oxygen atoms in total. The Morgan fingerprint density at radius 1 is 1.29 bits per heavy atom. The predicted molar refractivity (Wildman–Crippen MR) is 80.9 cm³/mol. The predicted octanol–water partition coefficient (Wildman–Crippen LogP) is 0.884. The summed E-state index contributed by atoms with van der Waals surface area (Å²) in [4.78, 5) is 11.9. The molecule has 0 aliphatic rings. The highest BCUT2D eigenvalue weighted by molar-refractivity contribution is 6.60. The zero-order valence-corrected chi connectivity index (χ0v) is 14.4. The average molecular weight is 315 g/mol. The minimum atomic E-state index is -2.54. The Morgan fingerprint density at radius 2 is 1.90 bits per heavy atom. The quantitative estimate of drug-likeness (QED) is 0.541. The number of carbonyl (C=O) groups excluding carboxylic acids is 1. The maximum absolute atomic E-state index is 11.9. The van der Waals surface area contributed by atoms with E-state index >= 15 is 0 Å². The van der Waals surface area contributed by atoms with E-state index in [4.69, 9.17) is 13.3 Å². The maximum atomic E-state index is 11.9. The molecule has 1 amide bonds. The molecule has 0 bridgehead atoms. The van der Waals surface area contributed by atoms with Crippen molar-refractivity contribution in [2.24, 2.45) is 0 Å². The van der Waals surface area contributed by atoms with Gasteiger partial charge in [0, 0.05) is 39.6 Å². The summed E-state index contributed by atoms with van der Waals surface area (Å²) in [5.74, 6) is -0.0549. The smallest absolute Gasteiger partial charge is 0.377 e. The molecule has 0 radical (unpaired) electrons. The van der Waals surface area contributed by atoms with Gasteiger partial charge in [-0.05, 0) is 26.3 Å². The van der Waals surface area contributed by atoms with Gasteiger partial charge in [-0.3, -0.25) is 9.48 Å². The average Bonchev–Trinajstić information content (AvgIpc) is 2.78. The molecule has 1 aromatic heterocycles. The highest BCUT2D eigenvalue weighted by atomic mass is 28.4. The number of aromatic nitrogens is 2. The van der Waals surface area contributed by atoms with E-state index in [9.17, 15) is 4.79 Å². The third-order valence-electron chi connectivity index (χ3n) is 3.31. The Hall–Kier alpha value is -1.22. The molecule has 1 N–H and O–H groups in total. The van der Waals surface area contributed by atoms with E-state index in [1.807, 2.05) is 19.9 Å². The summed E-state index contributed by atoms with van der Waals surface area (Å²) in [6, 6.07) is 2.61. The Bertz CT molecular complexity index is 452. The number of aryl methyl sites for hydroxylation is 2. The lowest BCUT2D eigenvalue weighted by atomic mass is 10.4. The van der Waals surface area contributed by atoms with Gasteiger partial charge < -0.3 is 18.6 Å². The van der Waals surface area contributed by atoms with Gasteiger partial charge in [0.2, 0.25) is 5.91 Å². The monoisotopic (exact) mass is 315 g/mol. The van der Waals surface area contributed by atoms with Crippen molar-refractivity contribution >= 4 is 14.7 Å². The lowest BCUT2D eigenvalue weighted by Crippen LogP contribution is -2.43.